The molecule has 150 valence electrons. The number of hydrogen-bond acceptors (Lipinski definition) is 5. The Hall–Kier alpha value is -3.03. The molecule has 1 amide bonds. The minimum Gasteiger partial charge on any atom is -0.497 e. The van der Waals surface area contributed by atoms with Crippen molar-refractivity contribution in [3.63, 3.8) is 0 Å². The molecule has 1 atom stereocenters. The van der Waals surface area contributed by atoms with Gasteiger partial charge in [-0.15, -0.1) is 0 Å². The molecule has 29 heavy (non-hydrogen) atoms. The smallest absolute Gasteiger partial charge is 0.280 e. The molecule has 1 heterocycles. The number of nitrogens with one attached hydrogen (secondary N) is 2. The standard InChI is InChI=1S/C20H18Cl2N4O3/c1-12(29-18-8-5-15(21)9-17(18)22)20(27)26-24-11-14-10-23-25-19(14)13-3-6-16(28-2)7-4-13/h3-12H,1-2H3,(H,23,25)(H,26,27)/b24-11+/t12-/m1/s1. The Morgan fingerprint density at radius 2 is 2.00 bits per heavy atom. The fraction of sp³-hybridized carbons (Fsp3) is 0.150. The van der Waals surface area contributed by atoms with Crippen LogP contribution in [0.5, 0.6) is 11.5 Å². The van der Waals surface area contributed by atoms with Crippen LogP contribution in [-0.4, -0.2) is 35.5 Å². The lowest BCUT2D eigenvalue weighted by Crippen LogP contribution is -2.33. The summed E-state index contributed by atoms with van der Waals surface area (Å²) in [6.07, 6.45) is 2.31. The molecule has 0 spiro atoms. The quantitative estimate of drug-likeness (QED) is 0.429. The average Bonchev–Trinajstić information content (AvgIpc) is 3.18. The maximum Gasteiger partial charge on any atom is 0.280 e. The van der Waals surface area contributed by atoms with Crippen LogP contribution in [0.25, 0.3) is 11.3 Å². The van der Waals surface area contributed by atoms with E-state index in [1.54, 1.807) is 38.4 Å². The van der Waals surface area contributed by atoms with Crippen molar-refractivity contribution in [2.45, 2.75) is 13.0 Å². The number of methoxy groups -OCH3 is 1. The number of rotatable bonds is 7. The highest BCUT2D eigenvalue weighted by Crippen LogP contribution is 2.28. The zero-order chi connectivity index (χ0) is 20.8. The highest BCUT2D eigenvalue weighted by molar-refractivity contribution is 6.35. The van der Waals surface area contributed by atoms with E-state index in [2.05, 4.69) is 20.7 Å². The lowest BCUT2D eigenvalue weighted by atomic mass is 10.1. The first-order valence-electron chi connectivity index (χ1n) is 8.60. The molecule has 0 aliphatic rings. The van der Waals surface area contributed by atoms with Crippen molar-refractivity contribution < 1.29 is 14.3 Å². The van der Waals surface area contributed by atoms with Gasteiger partial charge >= 0.3 is 0 Å². The van der Waals surface area contributed by atoms with E-state index in [4.69, 9.17) is 32.7 Å². The molecule has 0 aliphatic heterocycles. The second kappa shape index (κ2) is 9.45. The highest BCUT2D eigenvalue weighted by Gasteiger charge is 2.16. The second-order valence-electron chi connectivity index (χ2n) is 6.00. The summed E-state index contributed by atoms with van der Waals surface area (Å²) in [6, 6.07) is 12.3. The van der Waals surface area contributed by atoms with Gasteiger partial charge in [0.2, 0.25) is 0 Å². The minimum atomic E-state index is -0.809. The number of nitrogens with zero attached hydrogens (tertiary/aromatic N) is 2. The summed E-state index contributed by atoms with van der Waals surface area (Å²) >= 11 is 11.9. The fourth-order valence-electron chi connectivity index (χ4n) is 2.45. The van der Waals surface area contributed by atoms with Crippen molar-refractivity contribution in [2.24, 2.45) is 5.10 Å². The van der Waals surface area contributed by atoms with Crippen LogP contribution >= 0.6 is 23.2 Å². The molecular weight excluding hydrogens is 415 g/mol. The van der Waals surface area contributed by atoms with E-state index in [1.165, 1.54) is 6.21 Å². The SMILES string of the molecule is COc1ccc(-c2[nH]ncc2/C=N/NC(=O)[C@@H](C)Oc2ccc(Cl)cc2Cl)cc1. The van der Waals surface area contributed by atoms with Gasteiger partial charge in [-0.1, -0.05) is 23.2 Å². The van der Waals surface area contributed by atoms with Crippen LogP contribution in [0.2, 0.25) is 10.0 Å². The number of aromatic amines is 1. The summed E-state index contributed by atoms with van der Waals surface area (Å²) in [5.74, 6) is 0.687. The summed E-state index contributed by atoms with van der Waals surface area (Å²) in [6.45, 7) is 1.59. The van der Waals surface area contributed by atoms with Crippen molar-refractivity contribution in [2.75, 3.05) is 7.11 Å². The molecule has 0 fully saturated rings. The third kappa shape index (κ3) is 5.28. The van der Waals surface area contributed by atoms with Crippen LogP contribution in [0.4, 0.5) is 0 Å². The molecule has 0 saturated heterocycles. The number of benzene rings is 2. The number of carbonyl (C=O) groups excluding carboxylic acids is 1. The number of halogens is 2. The summed E-state index contributed by atoms with van der Waals surface area (Å²) in [5, 5.41) is 11.8. The molecule has 0 unspecified atom stereocenters. The molecule has 0 radical (unpaired) electrons. The number of hydrazone groups is 1. The second-order valence-corrected chi connectivity index (χ2v) is 6.84. The van der Waals surface area contributed by atoms with Crippen LogP contribution in [0.3, 0.4) is 0 Å². The number of amides is 1. The van der Waals surface area contributed by atoms with Crippen molar-refractivity contribution in [3.05, 3.63) is 64.3 Å². The Morgan fingerprint density at radius 1 is 1.24 bits per heavy atom. The number of H-pyrrole nitrogens is 1. The van der Waals surface area contributed by atoms with Gasteiger partial charge in [0.05, 0.1) is 30.2 Å². The Bertz CT molecular complexity index is 1020. The van der Waals surface area contributed by atoms with E-state index in [0.29, 0.717) is 21.4 Å². The Balaban J connectivity index is 1.62. The molecule has 1 aromatic heterocycles. The highest BCUT2D eigenvalue weighted by atomic mass is 35.5. The molecule has 3 aromatic rings. The fourth-order valence-corrected chi connectivity index (χ4v) is 2.91. The normalized spacial score (nSPS) is 12.0. The van der Waals surface area contributed by atoms with E-state index in [1.807, 2.05) is 24.3 Å². The van der Waals surface area contributed by atoms with Crippen LogP contribution in [0.15, 0.2) is 53.8 Å². The first kappa shape index (κ1) is 20.7. The molecule has 0 saturated carbocycles. The van der Waals surface area contributed by atoms with Gasteiger partial charge in [-0.3, -0.25) is 9.89 Å². The zero-order valence-corrected chi connectivity index (χ0v) is 17.2. The van der Waals surface area contributed by atoms with Gasteiger partial charge in [0.15, 0.2) is 6.10 Å². The summed E-state index contributed by atoms with van der Waals surface area (Å²) < 4.78 is 10.7. The van der Waals surface area contributed by atoms with Gasteiger partial charge in [-0.05, 0) is 49.4 Å². The lowest BCUT2D eigenvalue weighted by molar-refractivity contribution is -0.127. The van der Waals surface area contributed by atoms with E-state index in [0.717, 1.165) is 17.0 Å². The topological polar surface area (TPSA) is 88.6 Å². The van der Waals surface area contributed by atoms with Crippen molar-refractivity contribution in [1.29, 1.82) is 0 Å². The molecule has 9 heteroatoms. The molecular formula is C20H18Cl2N4O3. The van der Waals surface area contributed by atoms with Gasteiger partial charge in [0.25, 0.3) is 5.91 Å². The van der Waals surface area contributed by atoms with Gasteiger partial charge in [-0.25, -0.2) is 5.43 Å². The Labute approximate surface area is 177 Å². The van der Waals surface area contributed by atoms with Gasteiger partial charge < -0.3 is 9.47 Å². The van der Waals surface area contributed by atoms with E-state index in [-0.39, 0.29) is 0 Å². The minimum absolute atomic E-state index is 0.322. The number of ether oxygens (including phenoxy) is 2. The Morgan fingerprint density at radius 3 is 2.69 bits per heavy atom. The van der Waals surface area contributed by atoms with Crippen LogP contribution < -0.4 is 14.9 Å². The number of hydrogen-bond donors (Lipinski definition) is 2. The van der Waals surface area contributed by atoms with Gasteiger partial charge in [-0.2, -0.15) is 10.2 Å². The third-order valence-electron chi connectivity index (χ3n) is 3.99. The van der Waals surface area contributed by atoms with Gasteiger partial charge in [0, 0.05) is 16.1 Å². The molecule has 2 N–H and O–H groups in total. The zero-order valence-electron chi connectivity index (χ0n) is 15.6. The first-order chi connectivity index (χ1) is 14.0. The van der Waals surface area contributed by atoms with E-state index in [9.17, 15) is 4.79 Å². The predicted molar refractivity (Wildman–Crippen MR) is 113 cm³/mol. The Kier molecular flexibility index (Phi) is 6.74. The largest absolute Gasteiger partial charge is 0.497 e. The van der Waals surface area contributed by atoms with Crippen molar-refractivity contribution in [3.8, 4) is 22.8 Å². The summed E-state index contributed by atoms with van der Waals surface area (Å²) in [5.41, 5.74) is 4.83. The molecule has 0 aliphatic carbocycles. The molecule has 7 nitrogen and oxygen atoms in total. The van der Waals surface area contributed by atoms with Crippen LogP contribution in [-0.2, 0) is 4.79 Å². The molecule has 3 rings (SSSR count). The first-order valence-corrected chi connectivity index (χ1v) is 9.36. The van der Waals surface area contributed by atoms with E-state index < -0.39 is 12.0 Å². The van der Waals surface area contributed by atoms with E-state index >= 15 is 0 Å². The van der Waals surface area contributed by atoms with Crippen LogP contribution in [0.1, 0.15) is 12.5 Å². The van der Waals surface area contributed by atoms with Crippen molar-refractivity contribution >= 4 is 35.3 Å². The number of aromatic nitrogens is 2. The number of carbonyl (C=O) groups is 1. The van der Waals surface area contributed by atoms with Crippen molar-refractivity contribution in [1.82, 2.24) is 15.6 Å². The average molecular weight is 433 g/mol. The monoisotopic (exact) mass is 432 g/mol. The summed E-state index contributed by atoms with van der Waals surface area (Å²) in [4.78, 5) is 12.2. The molecule has 2 aromatic carbocycles. The predicted octanol–water partition coefficient (Wildman–Crippen LogP) is 4.31. The maximum absolute atomic E-state index is 12.2. The van der Waals surface area contributed by atoms with Gasteiger partial charge in [0.1, 0.15) is 11.5 Å². The van der Waals surface area contributed by atoms with Crippen LogP contribution in [0, 0.1) is 0 Å². The lowest BCUT2D eigenvalue weighted by Gasteiger charge is -2.14. The summed E-state index contributed by atoms with van der Waals surface area (Å²) in [7, 11) is 1.61. The third-order valence-corrected chi connectivity index (χ3v) is 4.52. The maximum atomic E-state index is 12.2. The molecule has 0 bridgehead atoms.